The Balaban J connectivity index is 2.35. The van der Waals surface area contributed by atoms with Gasteiger partial charge in [-0.1, -0.05) is 0 Å². The maximum Gasteiger partial charge on any atom is 0.172 e. The number of phenols is 1. The normalized spacial score (nSPS) is 20.5. The van der Waals surface area contributed by atoms with E-state index in [1.807, 2.05) is 12.1 Å². The average Bonchev–Trinajstić information content (AvgIpc) is 2.75. The topological polar surface area (TPSA) is 41.5 Å². The first kappa shape index (κ1) is 10.8. The minimum absolute atomic E-state index is 0.166. The molecule has 4 heteroatoms. The van der Waals surface area contributed by atoms with Crippen molar-refractivity contribution in [1.29, 1.82) is 0 Å². The van der Waals surface area contributed by atoms with E-state index in [1.54, 1.807) is 7.11 Å². The average molecular weight is 272 g/mol. The van der Waals surface area contributed by atoms with Crippen molar-refractivity contribution in [2.45, 2.75) is 18.9 Å². The number of ether oxygens (including phenoxy) is 1. The molecule has 0 radical (unpaired) electrons. The third-order valence-corrected chi connectivity index (χ3v) is 3.34. The lowest BCUT2D eigenvalue weighted by Crippen LogP contribution is -2.12. The van der Waals surface area contributed by atoms with Crippen LogP contribution in [0.5, 0.6) is 11.5 Å². The number of hydrogen-bond donors (Lipinski definition) is 2. The van der Waals surface area contributed by atoms with Gasteiger partial charge in [-0.25, -0.2) is 0 Å². The largest absolute Gasteiger partial charge is 0.503 e. The van der Waals surface area contributed by atoms with Crippen molar-refractivity contribution in [3.05, 3.63) is 22.2 Å². The molecule has 0 aliphatic carbocycles. The highest BCUT2D eigenvalue weighted by Gasteiger charge is 2.19. The zero-order valence-corrected chi connectivity index (χ0v) is 10.2. The fourth-order valence-electron chi connectivity index (χ4n) is 1.92. The summed E-state index contributed by atoms with van der Waals surface area (Å²) >= 11 is 3.33. The van der Waals surface area contributed by atoms with Crippen LogP contribution < -0.4 is 10.1 Å². The smallest absolute Gasteiger partial charge is 0.172 e. The van der Waals surface area contributed by atoms with Crippen LogP contribution >= 0.6 is 15.9 Å². The molecule has 0 bridgehead atoms. The van der Waals surface area contributed by atoms with E-state index in [-0.39, 0.29) is 5.75 Å². The first-order valence-electron chi connectivity index (χ1n) is 5.02. The number of halogens is 1. The summed E-state index contributed by atoms with van der Waals surface area (Å²) in [7, 11) is 1.56. The molecule has 1 fully saturated rings. The van der Waals surface area contributed by atoms with E-state index in [0.717, 1.165) is 18.5 Å². The van der Waals surface area contributed by atoms with Crippen LogP contribution in [0.3, 0.4) is 0 Å². The highest BCUT2D eigenvalue weighted by atomic mass is 79.9. The lowest BCUT2D eigenvalue weighted by Gasteiger charge is -2.14. The van der Waals surface area contributed by atoms with Crippen LogP contribution in [-0.2, 0) is 0 Å². The van der Waals surface area contributed by atoms with Crippen molar-refractivity contribution in [2.75, 3.05) is 13.7 Å². The third kappa shape index (κ3) is 2.11. The first-order chi connectivity index (χ1) is 7.22. The van der Waals surface area contributed by atoms with E-state index < -0.39 is 0 Å². The van der Waals surface area contributed by atoms with Crippen LogP contribution in [0.25, 0.3) is 0 Å². The lowest BCUT2D eigenvalue weighted by atomic mass is 10.0. The molecule has 1 saturated heterocycles. The zero-order valence-electron chi connectivity index (χ0n) is 8.59. The van der Waals surface area contributed by atoms with Crippen molar-refractivity contribution >= 4 is 15.9 Å². The Morgan fingerprint density at radius 3 is 2.93 bits per heavy atom. The van der Waals surface area contributed by atoms with Crippen LogP contribution in [0.2, 0.25) is 0 Å². The summed E-state index contributed by atoms with van der Waals surface area (Å²) in [6.45, 7) is 1.06. The molecule has 2 rings (SSSR count). The second-order valence-corrected chi connectivity index (χ2v) is 4.56. The summed E-state index contributed by atoms with van der Waals surface area (Å²) in [5.74, 6) is 0.687. The van der Waals surface area contributed by atoms with Gasteiger partial charge in [-0.2, -0.15) is 0 Å². The SMILES string of the molecule is COc1cc([C@H]2CCCN2)cc(Br)c1O. The summed E-state index contributed by atoms with van der Waals surface area (Å²) in [5.41, 5.74) is 1.16. The first-order valence-corrected chi connectivity index (χ1v) is 5.81. The Hall–Kier alpha value is -0.740. The number of methoxy groups -OCH3 is 1. The van der Waals surface area contributed by atoms with E-state index in [1.165, 1.54) is 6.42 Å². The molecule has 15 heavy (non-hydrogen) atoms. The number of phenolic OH excluding ortho intramolecular Hbond substituents is 1. The van der Waals surface area contributed by atoms with Crippen molar-refractivity contribution in [3.63, 3.8) is 0 Å². The minimum Gasteiger partial charge on any atom is -0.503 e. The fourth-order valence-corrected chi connectivity index (χ4v) is 2.38. The molecule has 2 N–H and O–H groups in total. The van der Waals surface area contributed by atoms with Gasteiger partial charge >= 0.3 is 0 Å². The standard InChI is InChI=1S/C11H14BrNO2/c1-15-10-6-7(5-8(12)11(10)14)9-3-2-4-13-9/h5-6,9,13-14H,2-4H2,1H3/t9-/m1/s1. The quantitative estimate of drug-likeness (QED) is 0.869. The van der Waals surface area contributed by atoms with Gasteiger partial charge in [0.25, 0.3) is 0 Å². The molecule has 1 aliphatic heterocycles. The number of rotatable bonds is 2. The van der Waals surface area contributed by atoms with E-state index in [9.17, 15) is 5.11 Å². The van der Waals surface area contributed by atoms with E-state index in [4.69, 9.17) is 4.74 Å². The molecule has 0 aromatic heterocycles. The highest BCUT2D eigenvalue weighted by molar-refractivity contribution is 9.10. The molecule has 0 saturated carbocycles. The van der Waals surface area contributed by atoms with E-state index in [0.29, 0.717) is 16.3 Å². The Kier molecular flexibility index (Phi) is 3.17. The van der Waals surface area contributed by atoms with Gasteiger partial charge < -0.3 is 15.2 Å². The molecule has 1 aromatic carbocycles. The molecule has 3 nitrogen and oxygen atoms in total. The Bertz CT molecular complexity index is 362. The maximum atomic E-state index is 9.67. The summed E-state index contributed by atoms with van der Waals surface area (Å²) < 4.78 is 5.80. The molecule has 0 amide bonds. The predicted molar refractivity (Wildman–Crippen MR) is 62.3 cm³/mol. The predicted octanol–water partition coefficient (Wildman–Crippen LogP) is 2.59. The number of benzene rings is 1. The molecular weight excluding hydrogens is 258 g/mol. The van der Waals surface area contributed by atoms with Crippen molar-refractivity contribution in [3.8, 4) is 11.5 Å². The van der Waals surface area contributed by atoms with Gasteiger partial charge in [0.2, 0.25) is 0 Å². The highest BCUT2D eigenvalue weighted by Crippen LogP contribution is 2.38. The number of nitrogens with one attached hydrogen (secondary N) is 1. The van der Waals surface area contributed by atoms with Gasteiger partial charge in [0.05, 0.1) is 11.6 Å². The van der Waals surface area contributed by atoms with Gasteiger partial charge in [0.15, 0.2) is 11.5 Å². The van der Waals surface area contributed by atoms with Crippen LogP contribution in [0, 0.1) is 0 Å². The second kappa shape index (κ2) is 4.41. The molecule has 1 heterocycles. The number of aromatic hydroxyl groups is 1. The summed E-state index contributed by atoms with van der Waals surface area (Å²) in [5, 5.41) is 13.1. The third-order valence-electron chi connectivity index (χ3n) is 2.73. The summed E-state index contributed by atoms with van der Waals surface area (Å²) in [6.07, 6.45) is 2.34. The molecule has 82 valence electrons. The number of hydrogen-bond acceptors (Lipinski definition) is 3. The zero-order chi connectivity index (χ0) is 10.8. The van der Waals surface area contributed by atoms with Crippen molar-refractivity contribution < 1.29 is 9.84 Å². The minimum atomic E-state index is 0.166. The molecule has 0 unspecified atom stereocenters. The Morgan fingerprint density at radius 2 is 2.33 bits per heavy atom. The summed E-state index contributed by atoms with van der Waals surface area (Å²) in [6, 6.07) is 4.22. The molecule has 1 atom stereocenters. The fraction of sp³-hybridized carbons (Fsp3) is 0.455. The van der Waals surface area contributed by atoms with Crippen LogP contribution in [0.4, 0.5) is 0 Å². The van der Waals surface area contributed by atoms with Crippen LogP contribution in [0.15, 0.2) is 16.6 Å². The van der Waals surface area contributed by atoms with E-state index in [2.05, 4.69) is 21.2 Å². The van der Waals surface area contributed by atoms with Gasteiger partial charge in [0.1, 0.15) is 0 Å². The van der Waals surface area contributed by atoms with Gasteiger partial charge in [-0.3, -0.25) is 0 Å². The van der Waals surface area contributed by atoms with Crippen LogP contribution in [-0.4, -0.2) is 18.8 Å². The van der Waals surface area contributed by atoms with Crippen molar-refractivity contribution in [2.24, 2.45) is 0 Å². The molecule has 1 aliphatic rings. The van der Waals surface area contributed by atoms with Crippen LogP contribution in [0.1, 0.15) is 24.4 Å². The van der Waals surface area contributed by atoms with Gasteiger partial charge in [-0.05, 0) is 53.0 Å². The van der Waals surface area contributed by atoms with Gasteiger partial charge in [-0.15, -0.1) is 0 Å². The monoisotopic (exact) mass is 271 g/mol. The molecule has 0 spiro atoms. The molecular formula is C11H14BrNO2. The Labute approximate surface area is 97.6 Å². The second-order valence-electron chi connectivity index (χ2n) is 3.70. The van der Waals surface area contributed by atoms with E-state index >= 15 is 0 Å². The van der Waals surface area contributed by atoms with Gasteiger partial charge in [0, 0.05) is 6.04 Å². The summed E-state index contributed by atoms with van der Waals surface area (Å²) in [4.78, 5) is 0. The molecule has 1 aromatic rings. The Morgan fingerprint density at radius 1 is 1.53 bits per heavy atom. The lowest BCUT2D eigenvalue weighted by molar-refractivity contribution is 0.370. The van der Waals surface area contributed by atoms with Crippen molar-refractivity contribution in [1.82, 2.24) is 5.32 Å². The maximum absolute atomic E-state index is 9.67.